The van der Waals surface area contributed by atoms with Gasteiger partial charge in [0.2, 0.25) is 0 Å². The molecule has 0 aliphatic carbocycles. The highest BCUT2D eigenvalue weighted by atomic mass is 35.5. The van der Waals surface area contributed by atoms with Crippen LogP contribution in [0.2, 0.25) is 5.02 Å². The Kier molecular flexibility index (Phi) is 22.1. The number of nitrogens with one attached hydrogen (secondary N) is 7. The molecule has 2 saturated heterocycles. The number of halogens is 1. The Balaban J connectivity index is 0.000000148. The van der Waals surface area contributed by atoms with Crippen molar-refractivity contribution in [2.75, 3.05) is 111 Å². The van der Waals surface area contributed by atoms with E-state index in [9.17, 15) is 0 Å². The highest BCUT2D eigenvalue weighted by Gasteiger charge is 2.19. The van der Waals surface area contributed by atoms with Gasteiger partial charge in [-0.05, 0) is 56.6 Å². The fourth-order valence-electron chi connectivity index (χ4n) is 8.22. The van der Waals surface area contributed by atoms with E-state index in [4.69, 9.17) is 36.0 Å². The van der Waals surface area contributed by atoms with Crippen LogP contribution >= 0.6 is 46.9 Å². The zero-order chi connectivity index (χ0) is 56.9. The first kappa shape index (κ1) is 59.2. The highest BCUT2D eigenvalue weighted by molar-refractivity contribution is 7.98. The first-order chi connectivity index (χ1) is 40.0. The molecule has 8 heterocycles. The molecular formula is C57H68ClN19O2S3. The summed E-state index contributed by atoms with van der Waals surface area (Å²) < 4.78 is 10.6. The molecule has 82 heavy (non-hydrogen) atoms. The number of aryl methyl sites for hydroxylation is 3. The van der Waals surface area contributed by atoms with Crippen molar-refractivity contribution in [3.8, 4) is 0 Å². The number of hydrogen-bond donors (Lipinski definition) is 7. The molecule has 428 valence electrons. The standard InChI is InChI=1S/C20H25N7S.C19H22N6OS.C18H21ClN6OS/c1-15-12-18(25-24-15)21-17-13-19(27-10-8-26(2)9-11-27)23-20(22-17)28-14-16-6-4-3-5-7-16;1-14-11-17(24-23-14)20-16-12-18(25-7-9-26-10-8-25)22-19(21-16)27-13-15-5-3-2-4-6-15;1-12-8-17(25-24-12)21-16-10-15(20-6-7-26-2)22-18(23-16)27-11-13-4-3-5-14(19)9-13/h3-7,12-13H,8-11,14H2,1-2H3,(H2,21,22,23,24,25);2-6,11-12H,7-10,13H2,1H3,(H2,20,21,22,23,24);3-5,8-10H,6-7,11H2,1-2H3,(H3,20,21,22,23,24,25). The summed E-state index contributed by atoms with van der Waals surface area (Å²) in [4.78, 5) is 35.1. The van der Waals surface area contributed by atoms with Gasteiger partial charge in [0.15, 0.2) is 32.9 Å². The largest absolute Gasteiger partial charge is 0.383 e. The third kappa shape index (κ3) is 19.1. The number of aromatic amines is 3. The molecule has 6 aromatic heterocycles. The Morgan fingerprint density at radius 1 is 0.500 bits per heavy atom. The van der Waals surface area contributed by atoms with Gasteiger partial charge in [-0.2, -0.15) is 15.3 Å². The molecule has 0 unspecified atom stereocenters. The minimum Gasteiger partial charge on any atom is -0.383 e. The molecule has 0 amide bonds. The summed E-state index contributed by atoms with van der Waals surface area (Å²) in [6, 6.07) is 40.2. The van der Waals surface area contributed by atoms with E-state index in [1.807, 2.05) is 106 Å². The number of benzene rings is 3. The van der Waals surface area contributed by atoms with Gasteiger partial charge in [0.25, 0.3) is 0 Å². The topological polar surface area (TPSA) is 240 Å². The number of aromatic nitrogens is 12. The summed E-state index contributed by atoms with van der Waals surface area (Å²) in [6.07, 6.45) is 0. The Labute approximate surface area is 495 Å². The first-order valence-corrected chi connectivity index (χ1v) is 30.1. The van der Waals surface area contributed by atoms with E-state index >= 15 is 0 Å². The number of nitrogens with zero attached hydrogens (tertiary/aromatic N) is 12. The van der Waals surface area contributed by atoms with Crippen LogP contribution in [-0.2, 0) is 26.7 Å². The van der Waals surface area contributed by atoms with Crippen LogP contribution in [0.4, 0.5) is 52.4 Å². The Hall–Kier alpha value is -7.45. The third-order valence-electron chi connectivity index (χ3n) is 12.4. The maximum absolute atomic E-state index is 6.06. The summed E-state index contributed by atoms with van der Waals surface area (Å²) in [5.41, 5.74) is 6.61. The second-order valence-corrected chi connectivity index (χ2v) is 22.4. The number of anilines is 9. The second kappa shape index (κ2) is 30.6. The van der Waals surface area contributed by atoms with Crippen LogP contribution in [0.3, 0.4) is 0 Å². The fraction of sp³-hybridized carbons (Fsp3) is 0.316. The van der Waals surface area contributed by atoms with Crippen LogP contribution < -0.4 is 31.1 Å². The maximum Gasteiger partial charge on any atom is 0.191 e. The normalized spacial score (nSPS) is 13.4. The van der Waals surface area contributed by atoms with E-state index in [0.717, 1.165) is 148 Å². The highest BCUT2D eigenvalue weighted by Crippen LogP contribution is 2.30. The van der Waals surface area contributed by atoms with Crippen LogP contribution in [0.25, 0.3) is 0 Å². The smallest absolute Gasteiger partial charge is 0.191 e. The van der Waals surface area contributed by atoms with E-state index in [0.29, 0.717) is 29.9 Å². The number of likely N-dealkylation sites (N-methyl/N-ethyl adjacent to an activating group) is 1. The summed E-state index contributed by atoms with van der Waals surface area (Å²) >= 11 is 10.9. The van der Waals surface area contributed by atoms with E-state index in [1.54, 1.807) is 42.4 Å². The number of morpholine rings is 1. The molecule has 21 nitrogen and oxygen atoms in total. The molecule has 3 aromatic carbocycles. The number of methoxy groups -OCH3 is 1. The molecule has 0 spiro atoms. The van der Waals surface area contributed by atoms with Gasteiger partial charge in [-0.1, -0.05) is 120 Å². The number of rotatable bonds is 21. The first-order valence-electron chi connectivity index (χ1n) is 26.8. The van der Waals surface area contributed by atoms with Gasteiger partial charge in [-0.15, -0.1) is 0 Å². The molecule has 11 rings (SSSR count). The van der Waals surface area contributed by atoms with Crippen molar-refractivity contribution in [1.82, 2.24) is 65.4 Å². The van der Waals surface area contributed by atoms with Gasteiger partial charge >= 0.3 is 0 Å². The minimum atomic E-state index is 0.594. The molecule has 0 atom stereocenters. The van der Waals surface area contributed by atoms with E-state index < -0.39 is 0 Å². The second-order valence-electron chi connectivity index (χ2n) is 19.2. The number of hydrogen-bond acceptors (Lipinski definition) is 21. The zero-order valence-electron chi connectivity index (χ0n) is 46.5. The van der Waals surface area contributed by atoms with Gasteiger partial charge in [-0.3, -0.25) is 15.3 Å². The van der Waals surface area contributed by atoms with Gasteiger partial charge < -0.3 is 45.4 Å². The van der Waals surface area contributed by atoms with Crippen LogP contribution in [0.5, 0.6) is 0 Å². The van der Waals surface area contributed by atoms with Gasteiger partial charge in [0, 0.05) is 129 Å². The summed E-state index contributed by atoms with van der Waals surface area (Å²) in [5.74, 6) is 9.41. The van der Waals surface area contributed by atoms with Crippen molar-refractivity contribution in [3.05, 3.63) is 160 Å². The van der Waals surface area contributed by atoms with E-state index in [-0.39, 0.29) is 0 Å². The number of ether oxygens (including phenoxy) is 2. The lowest BCUT2D eigenvalue weighted by Gasteiger charge is -2.33. The van der Waals surface area contributed by atoms with Crippen molar-refractivity contribution in [2.24, 2.45) is 0 Å². The van der Waals surface area contributed by atoms with Crippen molar-refractivity contribution >= 4 is 99.2 Å². The van der Waals surface area contributed by atoms with Gasteiger partial charge in [0.1, 0.15) is 34.9 Å². The fourth-order valence-corrected chi connectivity index (χ4v) is 10.9. The van der Waals surface area contributed by atoms with Crippen molar-refractivity contribution < 1.29 is 9.47 Å². The molecule has 25 heteroatoms. The molecule has 9 aromatic rings. The average molecular weight is 1180 g/mol. The summed E-state index contributed by atoms with van der Waals surface area (Å²) in [7, 11) is 3.83. The van der Waals surface area contributed by atoms with E-state index in [2.05, 4.69) is 125 Å². The molecule has 0 bridgehead atoms. The Morgan fingerprint density at radius 2 is 0.939 bits per heavy atom. The molecular weight excluding hydrogens is 1110 g/mol. The maximum atomic E-state index is 6.06. The lowest BCUT2D eigenvalue weighted by molar-refractivity contribution is 0.122. The summed E-state index contributed by atoms with van der Waals surface area (Å²) in [6.45, 7) is 14.3. The average Bonchev–Trinajstić information content (AvgIpc) is 4.27. The minimum absolute atomic E-state index is 0.594. The van der Waals surface area contributed by atoms with Crippen LogP contribution in [0.15, 0.2) is 137 Å². The van der Waals surface area contributed by atoms with Crippen molar-refractivity contribution in [3.63, 3.8) is 0 Å². The van der Waals surface area contributed by atoms with Gasteiger partial charge in [0.05, 0.1) is 19.8 Å². The van der Waals surface area contributed by atoms with Crippen molar-refractivity contribution in [2.45, 2.75) is 53.5 Å². The molecule has 2 fully saturated rings. The number of H-pyrrole nitrogens is 3. The quantitative estimate of drug-likeness (QED) is 0.0201. The molecule has 0 saturated carbocycles. The van der Waals surface area contributed by atoms with Gasteiger partial charge in [-0.25, -0.2) is 29.9 Å². The molecule has 2 aliphatic rings. The predicted molar refractivity (Wildman–Crippen MR) is 332 cm³/mol. The zero-order valence-corrected chi connectivity index (χ0v) is 49.7. The molecule has 7 N–H and O–H groups in total. The summed E-state index contributed by atoms with van der Waals surface area (Å²) in [5, 5.41) is 37.4. The van der Waals surface area contributed by atoms with Crippen LogP contribution in [0, 0.1) is 20.8 Å². The molecule has 2 aliphatic heterocycles. The Morgan fingerprint density at radius 3 is 1.40 bits per heavy atom. The molecule has 0 radical (unpaired) electrons. The Bertz CT molecular complexity index is 3380. The van der Waals surface area contributed by atoms with E-state index in [1.165, 1.54) is 11.1 Å². The third-order valence-corrected chi connectivity index (χ3v) is 15.4. The lowest BCUT2D eigenvalue weighted by atomic mass is 10.2. The number of thioether (sulfide) groups is 3. The van der Waals surface area contributed by atoms with Crippen LogP contribution in [-0.4, -0.2) is 145 Å². The lowest BCUT2D eigenvalue weighted by Crippen LogP contribution is -2.44. The SMILES string of the molecule is COCCNc1cc(Nc2cc(C)[nH]n2)nc(SCc2cccc(Cl)c2)n1.Cc1cc(Nc2cc(N3CCN(C)CC3)nc(SCc3ccccc3)n2)n[nH]1.Cc1cc(Nc2cc(N3CCOCC3)nc(SCc3ccccc3)n2)n[nH]1. The van der Waals surface area contributed by atoms with Crippen molar-refractivity contribution in [1.29, 1.82) is 0 Å². The monoisotopic (exact) mass is 1180 g/mol. The van der Waals surface area contributed by atoms with Crippen LogP contribution in [0.1, 0.15) is 33.8 Å². The predicted octanol–water partition coefficient (Wildman–Crippen LogP) is 10.9. The number of piperazine rings is 1.